The monoisotopic (exact) mass is 214 g/mol. The molecule has 1 nitrogen and oxygen atoms in total. The van der Waals surface area contributed by atoms with Crippen LogP contribution in [0.5, 0.6) is 0 Å². The van der Waals surface area contributed by atoms with Gasteiger partial charge in [-0.15, -0.1) is 0 Å². The Bertz CT molecular complexity index is 254. The third-order valence-corrected chi connectivity index (χ3v) is 2.84. The van der Waals surface area contributed by atoms with Crippen molar-refractivity contribution in [2.24, 2.45) is 5.92 Å². The number of furan rings is 1. The lowest BCUT2D eigenvalue weighted by molar-refractivity contribution is 0.478. The first-order valence-corrected chi connectivity index (χ1v) is 5.08. The molecule has 1 aromatic rings. The molecule has 1 aromatic heterocycles. The highest BCUT2D eigenvalue weighted by molar-refractivity contribution is 9.08. The van der Waals surface area contributed by atoms with Gasteiger partial charge in [0.2, 0.25) is 0 Å². The Morgan fingerprint density at radius 1 is 1.64 bits per heavy atom. The van der Waals surface area contributed by atoms with Crippen molar-refractivity contribution in [3.05, 3.63) is 23.7 Å². The molecule has 11 heavy (non-hydrogen) atoms. The second kappa shape index (κ2) is 2.67. The van der Waals surface area contributed by atoms with Gasteiger partial charge in [-0.3, -0.25) is 0 Å². The van der Waals surface area contributed by atoms with Crippen molar-refractivity contribution in [3.63, 3.8) is 0 Å². The van der Waals surface area contributed by atoms with E-state index in [0.717, 1.165) is 17.0 Å². The first kappa shape index (κ1) is 7.41. The van der Waals surface area contributed by atoms with E-state index in [-0.39, 0.29) is 0 Å². The molecule has 2 rings (SSSR count). The highest BCUT2D eigenvalue weighted by Crippen LogP contribution is 2.47. The lowest BCUT2D eigenvalue weighted by Crippen LogP contribution is -1.74. The average Bonchev–Trinajstić information content (AvgIpc) is 2.59. The Hall–Kier alpha value is -0.240. The summed E-state index contributed by atoms with van der Waals surface area (Å²) in [5.41, 5.74) is 0. The van der Waals surface area contributed by atoms with Crippen molar-refractivity contribution in [3.8, 4) is 0 Å². The van der Waals surface area contributed by atoms with Gasteiger partial charge in [0, 0.05) is 5.92 Å². The standard InChI is InChI=1S/C9H11BrO/c1-6-4-8(6)9-3-2-7(5-10)11-9/h2-3,6,8H,4-5H2,1H3. The maximum absolute atomic E-state index is 5.58. The highest BCUT2D eigenvalue weighted by Gasteiger charge is 2.36. The molecule has 2 heteroatoms. The second-order valence-corrected chi connectivity index (χ2v) is 3.82. The molecule has 60 valence electrons. The van der Waals surface area contributed by atoms with Crippen LogP contribution < -0.4 is 0 Å². The van der Waals surface area contributed by atoms with Crippen LogP contribution in [0.4, 0.5) is 0 Å². The molecule has 0 bridgehead atoms. The fourth-order valence-corrected chi connectivity index (χ4v) is 1.69. The minimum Gasteiger partial charge on any atom is -0.465 e. The average molecular weight is 215 g/mol. The van der Waals surface area contributed by atoms with E-state index in [1.54, 1.807) is 0 Å². The zero-order valence-electron chi connectivity index (χ0n) is 6.51. The third-order valence-electron chi connectivity index (χ3n) is 2.29. The molecule has 0 radical (unpaired) electrons. The zero-order chi connectivity index (χ0) is 7.84. The molecular weight excluding hydrogens is 204 g/mol. The Morgan fingerprint density at radius 2 is 2.36 bits per heavy atom. The summed E-state index contributed by atoms with van der Waals surface area (Å²) in [6, 6.07) is 4.15. The molecule has 1 fully saturated rings. The number of rotatable bonds is 2. The number of hydrogen-bond acceptors (Lipinski definition) is 1. The maximum atomic E-state index is 5.58. The van der Waals surface area contributed by atoms with E-state index in [1.165, 1.54) is 12.2 Å². The van der Waals surface area contributed by atoms with Crippen molar-refractivity contribution < 1.29 is 4.42 Å². The lowest BCUT2D eigenvalue weighted by atomic mass is 10.3. The molecule has 0 aromatic carbocycles. The summed E-state index contributed by atoms with van der Waals surface area (Å²) in [5.74, 6) is 3.76. The van der Waals surface area contributed by atoms with Crippen LogP contribution in [0, 0.1) is 5.92 Å². The Kier molecular flexibility index (Phi) is 1.80. The van der Waals surface area contributed by atoms with Crippen LogP contribution >= 0.6 is 15.9 Å². The number of halogens is 1. The quantitative estimate of drug-likeness (QED) is 0.690. The summed E-state index contributed by atoms with van der Waals surface area (Å²) in [6.07, 6.45) is 1.30. The van der Waals surface area contributed by atoms with Gasteiger partial charge in [-0.25, -0.2) is 0 Å². The van der Waals surface area contributed by atoms with E-state index >= 15 is 0 Å². The van der Waals surface area contributed by atoms with Crippen LogP contribution in [0.2, 0.25) is 0 Å². The predicted molar refractivity (Wildman–Crippen MR) is 47.9 cm³/mol. The fraction of sp³-hybridized carbons (Fsp3) is 0.556. The van der Waals surface area contributed by atoms with Crippen LogP contribution in [-0.4, -0.2) is 0 Å². The molecule has 0 spiro atoms. The first-order chi connectivity index (χ1) is 5.31. The van der Waals surface area contributed by atoms with Crippen molar-refractivity contribution >= 4 is 15.9 Å². The van der Waals surface area contributed by atoms with Gasteiger partial charge in [-0.1, -0.05) is 22.9 Å². The van der Waals surface area contributed by atoms with E-state index in [0.29, 0.717) is 5.92 Å². The third kappa shape index (κ3) is 1.36. The van der Waals surface area contributed by atoms with Gasteiger partial charge in [0.05, 0.1) is 5.33 Å². The second-order valence-electron chi connectivity index (χ2n) is 3.26. The Labute approximate surface area is 74.9 Å². The summed E-state index contributed by atoms with van der Waals surface area (Å²) in [6.45, 7) is 2.26. The van der Waals surface area contributed by atoms with Crippen molar-refractivity contribution in [1.29, 1.82) is 0 Å². The molecule has 0 aliphatic heterocycles. The van der Waals surface area contributed by atoms with E-state index in [4.69, 9.17) is 4.42 Å². The highest BCUT2D eigenvalue weighted by atomic mass is 79.9. The predicted octanol–water partition coefficient (Wildman–Crippen LogP) is 3.30. The zero-order valence-corrected chi connectivity index (χ0v) is 8.10. The largest absolute Gasteiger partial charge is 0.465 e. The molecule has 0 saturated heterocycles. The normalized spacial score (nSPS) is 28.9. The van der Waals surface area contributed by atoms with Gasteiger partial charge in [0.25, 0.3) is 0 Å². The van der Waals surface area contributed by atoms with Gasteiger partial charge in [0.15, 0.2) is 0 Å². The molecule has 1 heterocycles. The van der Waals surface area contributed by atoms with Gasteiger partial charge in [-0.2, -0.15) is 0 Å². The van der Waals surface area contributed by atoms with Crippen LogP contribution in [0.1, 0.15) is 30.8 Å². The van der Waals surface area contributed by atoms with Crippen LogP contribution in [0.3, 0.4) is 0 Å². The molecule has 0 amide bonds. The molecule has 1 saturated carbocycles. The lowest BCUT2D eigenvalue weighted by Gasteiger charge is -1.89. The van der Waals surface area contributed by atoms with Gasteiger partial charge in [-0.05, 0) is 24.5 Å². The fourth-order valence-electron chi connectivity index (χ4n) is 1.38. The molecule has 2 atom stereocenters. The topological polar surface area (TPSA) is 13.1 Å². The van der Waals surface area contributed by atoms with E-state index in [1.807, 2.05) is 0 Å². The van der Waals surface area contributed by atoms with E-state index in [2.05, 4.69) is 35.0 Å². The molecule has 0 N–H and O–H groups in total. The first-order valence-electron chi connectivity index (χ1n) is 3.96. The van der Waals surface area contributed by atoms with Crippen LogP contribution in [-0.2, 0) is 5.33 Å². The van der Waals surface area contributed by atoms with Gasteiger partial charge < -0.3 is 4.42 Å². The minimum atomic E-state index is 0.711. The summed E-state index contributed by atoms with van der Waals surface area (Å²) in [5, 5.41) is 0.827. The van der Waals surface area contributed by atoms with Crippen molar-refractivity contribution in [2.45, 2.75) is 24.6 Å². The Morgan fingerprint density at radius 3 is 2.82 bits per heavy atom. The van der Waals surface area contributed by atoms with Crippen LogP contribution in [0.15, 0.2) is 16.5 Å². The SMILES string of the molecule is CC1CC1c1ccc(CBr)o1. The summed E-state index contributed by atoms with van der Waals surface area (Å²) in [7, 11) is 0. The minimum absolute atomic E-state index is 0.711. The van der Waals surface area contributed by atoms with Crippen LogP contribution in [0.25, 0.3) is 0 Å². The van der Waals surface area contributed by atoms with Gasteiger partial charge >= 0.3 is 0 Å². The number of alkyl halides is 1. The maximum Gasteiger partial charge on any atom is 0.114 e. The van der Waals surface area contributed by atoms with Crippen molar-refractivity contribution in [1.82, 2.24) is 0 Å². The summed E-state index contributed by atoms with van der Waals surface area (Å²) >= 11 is 3.36. The smallest absolute Gasteiger partial charge is 0.114 e. The molecule has 2 unspecified atom stereocenters. The molecule has 1 aliphatic carbocycles. The van der Waals surface area contributed by atoms with Crippen molar-refractivity contribution in [2.75, 3.05) is 0 Å². The van der Waals surface area contributed by atoms with E-state index < -0.39 is 0 Å². The molecular formula is C9H11BrO. The number of hydrogen-bond donors (Lipinski definition) is 0. The Balaban J connectivity index is 2.13. The molecule has 1 aliphatic rings. The van der Waals surface area contributed by atoms with E-state index in [9.17, 15) is 0 Å². The summed E-state index contributed by atoms with van der Waals surface area (Å²) in [4.78, 5) is 0. The van der Waals surface area contributed by atoms with Gasteiger partial charge in [0.1, 0.15) is 11.5 Å². The summed E-state index contributed by atoms with van der Waals surface area (Å²) < 4.78 is 5.58.